The Kier molecular flexibility index (Phi) is 10.0. The van der Waals surface area contributed by atoms with Crippen LogP contribution in [0.1, 0.15) is 0 Å². The minimum absolute atomic E-state index is 0. The zero-order valence-corrected chi connectivity index (χ0v) is 9.42. The minimum atomic E-state index is -1.85. The maximum absolute atomic E-state index is 9.72. The van der Waals surface area contributed by atoms with Gasteiger partial charge in [-0.2, -0.15) is 0 Å². The molecular weight excluding hydrogens is 322 g/mol. The molecule has 0 rings (SSSR count). The number of hydrogen-bond acceptors (Lipinski definition) is 8. The first-order valence-corrected chi connectivity index (χ1v) is 4.00. The van der Waals surface area contributed by atoms with Crippen molar-refractivity contribution in [2.24, 2.45) is 0 Å². The topological polar surface area (TPSA) is 154 Å². The molecule has 16 heavy (non-hydrogen) atoms. The average molecular weight is 335 g/mol. The molecule has 0 aromatic carbocycles. The van der Waals surface area contributed by atoms with E-state index < -0.39 is 42.7 Å². The summed E-state index contributed by atoms with van der Waals surface area (Å²) in [4.78, 5) is 13.5. The molecule has 10 heteroatoms. The van der Waals surface area contributed by atoms with Gasteiger partial charge in [0.15, 0.2) is 0 Å². The van der Waals surface area contributed by atoms with E-state index >= 15 is 0 Å². The summed E-state index contributed by atoms with van der Waals surface area (Å²) >= 11 is 0. The average Bonchev–Trinajstić information content (AvgIpc) is 2.22. The van der Waals surface area contributed by atoms with Gasteiger partial charge in [0.2, 0.25) is 0 Å². The third kappa shape index (κ3) is 6.35. The van der Waals surface area contributed by atoms with E-state index in [9.17, 15) is 10.1 Å². The molecule has 0 fully saturated rings. The summed E-state index contributed by atoms with van der Waals surface area (Å²) in [6.07, 6.45) is -7.07. The van der Waals surface area contributed by atoms with Gasteiger partial charge in [0, 0.05) is 22.4 Å². The number of aliphatic hydroxyl groups is 5. The molecule has 9 nitrogen and oxygen atoms in total. The van der Waals surface area contributed by atoms with Gasteiger partial charge in [0.05, 0.1) is 6.61 Å². The summed E-state index contributed by atoms with van der Waals surface area (Å²) in [6, 6.07) is 0. The van der Waals surface area contributed by atoms with Crippen molar-refractivity contribution in [1.29, 1.82) is 0 Å². The summed E-state index contributed by atoms with van der Waals surface area (Å²) in [6.45, 7) is -1.66. The molecule has 0 bridgehead atoms. The van der Waals surface area contributed by atoms with E-state index in [1.807, 2.05) is 0 Å². The van der Waals surface area contributed by atoms with Crippen molar-refractivity contribution in [3.05, 3.63) is 10.1 Å². The van der Waals surface area contributed by atoms with Crippen LogP contribution in [0, 0.1) is 10.1 Å². The van der Waals surface area contributed by atoms with Crippen molar-refractivity contribution < 1.29 is 57.8 Å². The molecule has 0 saturated heterocycles. The number of rotatable bonds is 7. The van der Waals surface area contributed by atoms with Crippen LogP contribution in [-0.4, -0.2) is 68.2 Å². The van der Waals surface area contributed by atoms with Gasteiger partial charge in [0.1, 0.15) is 31.0 Å². The van der Waals surface area contributed by atoms with E-state index in [4.69, 9.17) is 25.5 Å². The zero-order valence-electron chi connectivity index (χ0n) is 7.93. The monoisotopic (exact) mass is 334 g/mol. The Morgan fingerprint density at radius 1 is 1.12 bits per heavy atom. The Hall–Kier alpha value is -0.260. The third-order valence-corrected chi connectivity index (χ3v) is 1.68. The molecule has 0 amide bonds. The molecule has 0 aliphatic carbocycles. The molecule has 0 aromatic heterocycles. The molecule has 5 N–H and O–H groups in total. The van der Waals surface area contributed by atoms with Crippen LogP contribution in [0.15, 0.2) is 0 Å². The van der Waals surface area contributed by atoms with E-state index in [-0.39, 0.29) is 22.4 Å². The van der Waals surface area contributed by atoms with Gasteiger partial charge in [-0.15, -0.1) is 10.1 Å². The molecule has 101 valence electrons. The van der Waals surface area contributed by atoms with Gasteiger partial charge in [-0.05, 0) is 0 Å². The van der Waals surface area contributed by atoms with Crippen molar-refractivity contribution in [2.45, 2.75) is 24.4 Å². The van der Waals surface area contributed by atoms with Gasteiger partial charge in [0.25, 0.3) is 5.09 Å². The van der Waals surface area contributed by atoms with Crippen LogP contribution in [0.3, 0.4) is 0 Å². The van der Waals surface area contributed by atoms with Gasteiger partial charge < -0.3 is 30.4 Å². The predicted octanol–water partition coefficient (Wildman–Crippen LogP) is -3.37. The second-order valence-electron chi connectivity index (χ2n) is 2.82. The van der Waals surface area contributed by atoms with Crippen LogP contribution < -0.4 is 0 Å². The van der Waals surface area contributed by atoms with Crippen molar-refractivity contribution in [3.63, 3.8) is 0 Å². The fraction of sp³-hybridized carbons (Fsp3) is 1.00. The van der Waals surface area contributed by atoms with Gasteiger partial charge >= 0.3 is 0 Å². The van der Waals surface area contributed by atoms with Crippen LogP contribution in [0.2, 0.25) is 0 Å². The first-order chi connectivity index (χ1) is 6.90. The van der Waals surface area contributed by atoms with Crippen molar-refractivity contribution in [1.82, 2.24) is 0 Å². The number of nitrogens with zero attached hydrogens (tertiary/aromatic N) is 1. The molecule has 0 aliphatic rings. The summed E-state index contributed by atoms with van der Waals surface area (Å²) in [5.74, 6) is 0. The molecule has 0 aromatic rings. The van der Waals surface area contributed by atoms with Crippen molar-refractivity contribution >= 4 is 0 Å². The van der Waals surface area contributed by atoms with E-state index in [0.29, 0.717) is 0 Å². The molecular formula is C6H13AgNO8. The number of hydrogen-bond donors (Lipinski definition) is 5. The summed E-state index contributed by atoms with van der Waals surface area (Å²) in [5, 5.41) is 53.1. The first-order valence-electron chi connectivity index (χ1n) is 4.00. The molecule has 1 radical (unpaired) electrons. The number of aliphatic hydroxyl groups excluding tert-OH is 5. The van der Waals surface area contributed by atoms with E-state index in [1.54, 1.807) is 0 Å². The Morgan fingerprint density at radius 3 is 1.94 bits per heavy atom. The maximum Gasteiger partial charge on any atom is 0.294 e. The quantitative estimate of drug-likeness (QED) is 0.184. The van der Waals surface area contributed by atoms with E-state index in [2.05, 4.69) is 4.84 Å². The Labute approximate surface area is 106 Å². The van der Waals surface area contributed by atoms with Gasteiger partial charge in [-0.3, -0.25) is 0 Å². The molecule has 0 unspecified atom stereocenters. The smallest absolute Gasteiger partial charge is 0.294 e. The molecule has 4 atom stereocenters. The minimum Gasteiger partial charge on any atom is -0.394 e. The first kappa shape index (κ1) is 18.1. The summed E-state index contributed by atoms with van der Waals surface area (Å²) in [7, 11) is 0. The maximum atomic E-state index is 9.72. The largest absolute Gasteiger partial charge is 0.394 e. The second-order valence-corrected chi connectivity index (χ2v) is 2.82. The third-order valence-electron chi connectivity index (χ3n) is 1.68. The summed E-state index contributed by atoms with van der Waals surface area (Å²) in [5.41, 5.74) is 0. The zero-order chi connectivity index (χ0) is 12.0. The molecule has 0 heterocycles. The van der Waals surface area contributed by atoms with E-state index in [0.717, 1.165) is 0 Å². The van der Waals surface area contributed by atoms with Crippen LogP contribution in [0.25, 0.3) is 0 Å². The van der Waals surface area contributed by atoms with E-state index in [1.165, 1.54) is 0 Å². The molecule has 0 aliphatic heterocycles. The van der Waals surface area contributed by atoms with Gasteiger partial charge in [-0.25, -0.2) is 0 Å². The Balaban J connectivity index is 0. The SMILES string of the molecule is O=[N+]([O-])OC[C@@H](O)[C@@H](O)[C@H](O)[C@H](O)CO.[Ag]. The van der Waals surface area contributed by atoms with Crippen LogP contribution >= 0.6 is 0 Å². The molecule has 0 saturated carbocycles. The summed E-state index contributed by atoms with van der Waals surface area (Å²) < 4.78 is 0. The van der Waals surface area contributed by atoms with Crippen LogP contribution in [0.5, 0.6) is 0 Å². The fourth-order valence-electron chi connectivity index (χ4n) is 0.799. The molecule has 0 spiro atoms. The van der Waals surface area contributed by atoms with Gasteiger partial charge in [-0.1, -0.05) is 0 Å². The Bertz CT molecular complexity index is 205. The normalized spacial score (nSPS) is 17.8. The predicted molar refractivity (Wildman–Crippen MR) is 44.1 cm³/mol. The Morgan fingerprint density at radius 2 is 1.56 bits per heavy atom. The fourth-order valence-corrected chi connectivity index (χ4v) is 0.799. The van der Waals surface area contributed by atoms with Crippen molar-refractivity contribution in [3.8, 4) is 0 Å². The van der Waals surface area contributed by atoms with Crippen LogP contribution in [0.4, 0.5) is 0 Å². The van der Waals surface area contributed by atoms with Crippen LogP contribution in [-0.2, 0) is 27.2 Å². The standard InChI is InChI=1S/C6H13NO8.Ag/c8-1-3(9)5(11)6(12)4(10)2-15-7(13)14;/h3-6,8-12H,1-2H2;/t3-,4-,5-,6-;/m1./s1. The second kappa shape index (κ2) is 8.84. The van der Waals surface area contributed by atoms with Crippen molar-refractivity contribution in [2.75, 3.05) is 13.2 Å².